The summed E-state index contributed by atoms with van der Waals surface area (Å²) in [6.07, 6.45) is 1.83. The molecule has 36 heavy (non-hydrogen) atoms. The summed E-state index contributed by atoms with van der Waals surface area (Å²) in [5.41, 5.74) is 3.16. The Bertz CT molecular complexity index is 1320. The molecule has 7 nitrogen and oxygen atoms in total. The molecule has 0 heterocycles. The molecule has 0 aromatic heterocycles. The van der Waals surface area contributed by atoms with E-state index in [1.165, 1.54) is 12.1 Å². The average Bonchev–Trinajstić information content (AvgIpc) is 2.82. The third-order valence-corrected chi connectivity index (χ3v) is 7.09. The van der Waals surface area contributed by atoms with Crippen LogP contribution < -0.4 is 20.1 Å². The van der Waals surface area contributed by atoms with E-state index in [4.69, 9.17) is 17.0 Å². The van der Waals surface area contributed by atoms with Crippen molar-refractivity contribution in [2.75, 3.05) is 10.0 Å². The van der Waals surface area contributed by atoms with Crippen LogP contribution in [0.25, 0.3) is 0 Å². The summed E-state index contributed by atoms with van der Waals surface area (Å²) in [7, 11) is -3.77. The monoisotopic (exact) mass is 525 g/mol. The lowest BCUT2D eigenvalue weighted by atomic mass is 10.1. The van der Waals surface area contributed by atoms with E-state index in [1.54, 1.807) is 30.3 Å². The molecule has 190 valence electrons. The summed E-state index contributed by atoms with van der Waals surface area (Å²) in [5, 5.41) is 5.65. The molecule has 1 atom stereocenters. The van der Waals surface area contributed by atoms with Crippen LogP contribution in [0, 0.1) is 13.8 Å². The summed E-state index contributed by atoms with van der Waals surface area (Å²) in [6.45, 7) is 7.74. The summed E-state index contributed by atoms with van der Waals surface area (Å²) in [4.78, 5) is 12.9. The Hall–Kier alpha value is -3.43. The fourth-order valence-electron chi connectivity index (χ4n) is 3.66. The highest BCUT2D eigenvalue weighted by Crippen LogP contribution is 2.24. The predicted molar refractivity (Wildman–Crippen MR) is 148 cm³/mol. The van der Waals surface area contributed by atoms with Crippen LogP contribution >= 0.6 is 12.2 Å². The molecule has 0 aliphatic carbocycles. The Labute approximate surface area is 218 Å². The zero-order valence-electron chi connectivity index (χ0n) is 20.8. The first-order valence-corrected chi connectivity index (χ1v) is 13.6. The van der Waals surface area contributed by atoms with Crippen LogP contribution in [0.5, 0.6) is 5.75 Å². The fraction of sp³-hybridized carbons (Fsp3) is 0.259. The standard InChI is InChI=1S/C27H31N3O4S2/c1-5-9-20(4)34-24-13-7-6-12-23(24)26(31)29-27(35)28-21-14-16-22(17-15-21)36(32,33)30-25-18(2)10-8-11-19(25)3/h6-8,10-17,20,30H,5,9H2,1-4H3,(H2,28,29,31,35). The van der Waals surface area contributed by atoms with Gasteiger partial charge in [-0.05, 0) is 86.9 Å². The smallest absolute Gasteiger partial charge is 0.261 e. The van der Waals surface area contributed by atoms with Crippen LogP contribution in [0.1, 0.15) is 48.2 Å². The minimum Gasteiger partial charge on any atom is -0.490 e. The zero-order valence-corrected chi connectivity index (χ0v) is 22.4. The predicted octanol–water partition coefficient (Wildman–Crippen LogP) is 5.80. The van der Waals surface area contributed by atoms with Gasteiger partial charge in [0.05, 0.1) is 22.3 Å². The molecule has 9 heteroatoms. The van der Waals surface area contributed by atoms with Gasteiger partial charge in [0, 0.05) is 5.69 Å². The number of para-hydroxylation sites is 2. The second kappa shape index (κ2) is 12.0. The number of thiocarbonyl (C=S) groups is 1. The number of amides is 1. The fourth-order valence-corrected chi connectivity index (χ4v) is 5.07. The van der Waals surface area contributed by atoms with E-state index >= 15 is 0 Å². The molecular weight excluding hydrogens is 494 g/mol. The van der Waals surface area contributed by atoms with Crippen molar-refractivity contribution < 1.29 is 17.9 Å². The van der Waals surface area contributed by atoms with Crippen LogP contribution in [-0.2, 0) is 10.0 Å². The van der Waals surface area contributed by atoms with Crippen molar-refractivity contribution in [3.8, 4) is 5.75 Å². The van der Waals surface area contributed by atoms with Crippen LogP contribution in [0.2, 0.25) is 0 Å². The Balaban J connectivity index is 1.65. The number of aryl methyl sites for hydroxylation is 2. The van der Waals surface area contributed by atoms with Crippen molar-refractivity contribution >= 4 is 44.6 Å². The second-order valence-corrected chi connectivity index (χ2v) is 10.6. The molecular formula is C27H31N3O4S2. The summed E-state index contributed by atoms with van der Waals surface area (Å²) in [5.74, 6) is 0.0912. The van der Waals surface area contributed by atoms with Crippen LogP contribution in [0.3, 0.4) is 0 Å². The first-order valence-electron chi connectivity index (χ1n) is 11.7. The molecule has 3 aromatic carbocycles. The molecule has 1 amide bonds. The minimum absolute atomic E-state index is 0.0203. The van der Waals surface area contributed by atoms with E-state index in [1.807, 2.05) is 45.0 Å². The summed E-state index contributed by atoms with van der Waals surface area (Å²) >= 11 is 5.29. The van der Waals surface area contributed by atoms with Crippen LogP contribution in [0.4, 0.5) is 11.4 Å². The van der Waals surface area contributed by atoms with Crippen molar-refractivity contribution in [1.29, 1.82) is 0 Å². The third kappa shape index (κ3) is 7.05. The van der Waals surface area contributed by atoms with Gasteiger partial charge >= 0.3 is 0 Å². The van der Waals surface area contributed by atoms with Gasteiger partial charge in [-0.2, -0.15) is 0 Å². The summed E-state index contributed by atoms with van der Waals surface area (Å²) < 4.78 is 34.3. The number of ether oxygens (including phenoxy) is 1. The van der Waals surface area contributed by atoms with Gasteiger partial charge in [0.1, 0.15) is 5.75 Å². The average molecular weight is 526 g/mol. The molecule has 3 rings (SSSR count). The number of hydrogen-bond acceptors (Lipinski definition) is 5. The van der Waals surface area contributed by atoms with Gasteiger partial charge in [0.15, 0.2) is 5.11 Å². The van der Waals surface area contributed by atoms with Gasteiger partial charge < -0.3 is 10.1 Å². The number of benzene rings is 3. The van der Waals surface area contributed by atoms with E-state index < -0.39 is 15.9 Å². The van der Waals surface area contributed by atoms with Gasteiger partial charge in [-0.15, -0.1) is 0 Å². The van der Waals surface area contributed by atoms with Gasteiger partial charge in [0.2, 0.25) is 0 Å². The molecule has 0 saturated heterocycles. The third-order valence-electron chi connectivity index (χ3n) is 5.52. The topological polar surface area (TPSA) is 96.5 Å². The molecule has 0 aliphatic rings. The molecule has 3 aromatic rings. The van der Waals surface area contributed by atoms with Crippen molar-refractivity contribution in [2.24, 2.45) is 0 Å². The zero-order chi connectivity index (χ0) is 26.3. The largest absolute Gasteiger partial charge is 0.490 e. The first kappa shape index (κ1) is 27.2. The number of anilines is 2. The van der Waals surface area contributed by atoms with Crippen molar-refractivity contribution in [2.45, 2.75) is 51.5 Å². The SMILES string of the molecule is CCCC(C)Oc1ccccc1C(=O)NC(=S)Nc1ccc(S(=O)(=O)Nc2c(C)cccc2C)cc1. The Kier molecular flexibility index (Phi) is 9.06. The van der Waals surface area contributed by atoms with E-state index in [0.717, 1.165) is 24.0 Å². The minimum atomic E-state index is -3.77. The summed E-state index contributed by atoms with van der Waals surface area (Å²) in [6, 6.07) is 18.7. The highest BCUT2D eigenvalue weighted by molar-refractivity contribution is 7.92. The van der Waals surface area contributed by atoms with Gasteiger partial charge in [0.25, 0.3) is 15.9 Å². The molecule has 0 bridgehead atoms. The molecule has 1 unspecified atom stereocenters. The van der Waals surface area contributed by atoms with E-state index in [2.05, 4.69) is 22.3 Å². The number of rotatable bonds is 9. The van der Waals surface area contributed by atoms with E-state index in [-0.39, 0.29) is 16.1 Å². The number of carbonyl (C=O) groups excluding carboxylic acids is 1. The Morgan fingerprint density at radius 3 is 2.25 bits per heavy atom. The lowest BCUT2D eigenvalue weighted by Gasteiger charge is -2.17. The van der Waals surface area contributed by atoms with Gasteiger partial charge in [-0.25, -0.2) is 8.42 Å². The lowest BCUT2D eigenvalue weighted by molar-refractivity contribution is 0.0970. The lowest BCUT2D eigenvalue weighted by Crippen LogP contribution is -2.34. The van der Waals surface area contributed by atoms with Crippen LogP contribution in [0.15, 0.2) is 71.6 Å². The highest BCUT2D eigenvalue weighted by Gasteiger charge is 2.18. The van der Waals surface area contributed by atoms with Crippen molar-refractivity contribution in [3.63, 3.8) is 0 Å². The van der Waals surface area contributed by atoms with Gasteiger partial charge in [-0.3, -0.25) is 14.8 Å². The maximum absolute atomic E-state index is 12.9. The van der Waals surface area contributed by atoms with E-state index in [0.29, 0.717) is 22.7 Å². The van der Waals surface area contributed by atoms with Crippen molar-refractivity contribution in [3.05, 3.63) is 83.4 Å². The molecule has 3 N–H and O–H groups in total. The molecule has 0 fully saturated rings. The molecule has 0 aliphatic heterocycles. The number of carbonyl (C=O) groups is 1. The maximum Gasteiger partial charge on any atom is 0.261 e. The molecule has 0 spiro atoms. The highest BCUT2D eigenvalue weighted by atomic mass is 32.2. The van der Waals surface area contributed by atoms with E-state index in [9.17, 15) is 13.2 Å². The number of nitrogens with one attached hydrogen (secondary N) is 3. The Morgan fingerprint density at radius 1 is 0.972 bits per heavy atom. The first-order chi connectivity index (χ1) is 17.1. The van der Waals surface area contributed by atoms with Crippen LogP contribution in [-0.4, -0.2) is 25.5 Å². The quantitative estimate of drug-likeness (QED) is 0.306. The van der Waals surface area contributed by atoms with Gasteiger partial charge in [-0.1, -0.05) is 43.7 Å². The molecule has 0 saturated carbocycles. The van der Waals surface area contributed by atoms with Crippen molar-refractivity contribution in [1.82, 2.24) is 5.32 Å². The number of hydrogen-bond donors (Lipinski definition) is 3. The maximum atomic E-state index is 12.9. The molecule has 0 radical (unpaired) electrons. The second-order valence-electron chi connectivity index (χ2n) is 8.52. The normalized spacial score (nSPS) is 11.9. The Morgan fingerprint density at radius 2 is 1.61 bits per heavy atom. The number of sulfonamides is 1.